The van der Waals surface area contributed by atoms with Crippen LogP contribution in [-0.2, 0) is 0 Å². The normalized spacial score (nSPS) is 11.0. The molecule has 0 spiro atoms. The predicted octanol–water partition coefficient (Wildman–Crippen LogP) is 2.46. The van der Waals surface area contributed by atoms with Crippen molar-refractivity contribution in [3.63, 3.8) is 0 Å². The second-order valence-corrected chi connectivity index (χ2v) is 5.20. The summed E-state index contributed by atoms with van der Waals surface area (Å²) in [7, 11) is 0. The molecule has 0 bridgehead atoms. The summed E-state index contributed by atoms with van der Waals surface area (Å²) in [5, 5.41) is 0. The number of aryl methyl sites for hydroxylation is 1. The summed E-state index contributed by atoms with van der Waals surface area (Å²) >= 11 is 0. The maximum Gasteiger partial charge on any atom is 0.275 e. The van der Waals surface area contributed by atoms with Gasteiger partial charge in [0.1, 0.15) is 17.5 Å². The lowest BCUT2D eigenvalue weighted by atomic mass is 10.1. The molecule has 0 saturated heterocycles. The molecule has 0 radical (unpaired) electrons. The number of rotatable bonds is 2. The lowest BCUT2D eigenvalue weighted by Crippen LogP contribution is -2.13. The van der Waals surface area contributed by atoms with Crippen molar-refractivity contribution < 1.29 is 0 Å². The van der Waals surface area contributed by atoms with Crippen molar-refractivity contribution in [2.24, 2.45) is 0 Å². The Kier molecular flexibility index (Phi) is 3.01. The van der Waals surface area contributed by atoms with Gasteiger partial charge in [-0.3, -0.25) is 19.2 Å². The van der Waals surface area contributed by atoms with Crippen molar-refractivity contribution in [1.29, 1.82) is 0 Å². The van der Waals surface area contributed by atoms with E-state index in [4.69, 9.17) is 0 Å². The number of pyridine rings is 2. The highest BCUT2D eigenvalue weighted by Gasteiger charge is 2.15. The highest BCUT2D eigenvalue weighted by molar-refractivity contribution is 5.77. The smallest absolute Gasteiger partial charge is 0.275 e. The SMILES string of the molecule is Cc1c(-c2ccncc2)[nH]c(=O)c2c(-c3ccncc3)ncn12. The van der Waals surface area contributed by atoms with E-state index >= 15 is 0 Å². The van der Waals surface area contributed by atoms with Crippen LogP contribution in [0.25, 0.3) is 28.0 Å². The minimum atomic E-state index is -0.174. The second-order valence-electron chi connectivity index (χ2n) is 5.20. The maximum absolute atomic E-state index is 12.6. The molecular formula is C17H13N5O. The van der Waals surface area contributed by atoms with Gasteiger partial charge in [-0.15, -0.1) is 0 Å². The molecule has 112 valence electrons. The van der Waals surface area contributed by atoms with Crippen LogP contribution in [0.3, 0.4) is 0 Å². The van der Waals surface area contributed by atoms with Crippen molar-refractivity contribution in [2.45, 2.75) is 6.92 Å². The first-order valence-corrected chi connectivity index (χ1v) is 7.16. The topological polar surface area (TPSA) is 75.9 Å². The molecule has 6 heteroatoms. The second kappa shape index (κ2) is 5.17. The van der Waals surface area contributed by atoms with Gasteiger partial charge in [-0.05, 0) is 31.2 Å². The van der Waals surface area contributed by atoms with Crippen LogP contribution in [0.15, 0.2) is 60.2 Å². The Morgan fingerprint density at radius 2 is 1.57 bits per heavy atom. The number of fused-ring (bicyclic) bond motifs is 1. The monoisotopic (exact) mass is 303 g/mol. The molecular weight excluding hydrogens is 290 g/mol. The van der Waals surface area contributed by atoms with Crippen molar-refractivity contribution >= 4 is 5.52 Å². The Morgan fingerprint density at radius 1 is 0.957 bits per heavy atom. The van der Waals surface area contributed by atoms with Crippen molar-refractivity contribution in [2.75, 3.05) is 0 Å². The largest absolute Gasteiger partial charge is 0.319 e. The van der Waals surface area contributed by atoms with Crippen LogP contribution >= 0.6 is 0 Å². The van der Waals surface area contributed by atoms with Crippen LogP contribution in [-0.4, -0.2) is 24.3 Å². The van der Waals surface area contributed by atoms with Gasteiger partial charge in [0.15, 0.2) is 0 Å². The van der Waals surface area contributed by atoms with Gasteiger partial charge < -0.3 is 4.98 Å². The molecule has 4 aromatic heterocycles. The standard InChI is InChI=1S/C17H13N5O/c1-11-14(12-2-6-18-7-3-12)21-17(23)16-15(20-10-22(11)16)13-4-8-19-9-5-13/h2-10H,1H3,(H,21,23). The van der Waals surface area contributed by atoms with Gasteiger partial charge in [-0.25, -0.2) is 4.98 Å². The van der Waals surface area contributed by atoms with E-state index in [1.807, 2.05) is 35.6 Å². The van der Waals surface area contributed by atoms with Crippen LogP contribution in [0.4, 0.5) is 0 Å². The van der Waals surface area contributed by atoms with Gasteiger partial charge in [0.25, 0.3) is 5.56 Å². The molecule has 6 nitrogen and oxygen atoms in total. The van der Waals surface area contributed by atoms with E-state index in [1.54, 1.807) is 31.1 Å². The Balaban J connectivity index is 2.01. The van der Waals surface area contributed by atoms with E-state index < -0.39 is 0 Å². The molecule has 23 heavy (non-hydrogen) atoms. The van der Waals surface area contributed by atoms with Crippen LogP contribution in [0.5, 0.6) is 0 Å². The molecule has 0 aliphatic heterocycles. The summed E-state index contributed by atoms with van der Waals surface area (Å²) in [6.45, 7) is 1.96. The molecule has 0 amide bonds. The van der Waals surface area contributed by atoms with E-state index in [0.29, 0.717) is 11.2 Å². The number of nitrogens with zero attached hydrogens (tertiary/aromatic N) is 4. The minimum Gasteiger partial charge on any atom is -0.319 e. The number of nitrogens with one attached hydrogen (secondary N) is 1. The fraction of sp³-hybridized carbons (Fsp3) is 0.0588. The number of H-pyrrole nitrogens is 1. The number of aromatic amines is 1. The summed E-state index contributed by atoms with van der Waals surface area (Å²) < 4.78 is 1.82. The molecule has 0 saturated carbocycles. The third-order valence-electron chi connectivity index (χ3n) is 3.87. The Morgan fingerprint density at radius 3 is 2.22 bits per heavy atom. The highest BCUT2D eigenvalue weighted by Crippen LogP contribution is 2.24. The summed E-state index contributed by atoms with van der Waals surface area (Å²) in [6.07, 6.45) is 8.46. The van der Waals surface area contributed by atoms with Crippen LogP contribution in [0.1, 0.15) is 5.69 Å². The summed E-state index contributed by atoms with van der Waals surface area (Å²) in [4.78, 5) is 28.0. The van der Waals surface area contributed by atoms with Gasteiger partial charge in [0, 0.05) is 41.6 Å². The van der Waals surface area contributed by atoms with Crippen LogP contribution < -0.4 is 5.56 Å². The van der Waals surface area contributed by atoms with Crippen LogP contribution in [0.2, 0.25) is 0 Å². The zero-order chi connectivity index (χ0) is 15.8. The van der Waals surface area contributed by atoms with E-state index in [2.05, 4.69) is 19.9 Å². The Hall–Kier alpha value is -3.28. The molecule has 0 aromatic carbocycles. The molecule has 0 aliphatic rings. The highest BCUT2D eigenvalue weighted by atomic mass is 16.1. The average molecular weight is 303 g/mol. The van der Waals surface area contributed by atoms with E-state index in [0.717, 1.165) is 22.5 Å². The maximum atomic E-state index is 12.6. The van der Waals surface area contributed by atoms with Crippen molar-refractivity contribution in [3.8, 4) is 22.5 Å². The van der Waals surface area contributed by atoms with Gasteiger partial charge in [0.2, 0.25) is 0 Å². The lowest BCUT2D eigenvalue weighted by molar-refractivity contribution is 1.02. The van der Waals surface area contributed by atoms with E-state index in [9.17, 15) is 4.79 Å². The molecule has 4 rings (SSSR count). The summed E-state index contributed by atoms with van der Waals surface area (Å²) in [5.74, 6) is 0. The van der Waals surface area contributed by atoms with Crippen LogP contribution in [0, 0.1) is 6.92 Å². The Labute approximate surface area is 131 Å². The number of hydrogen-bond acceptors (Lipinski definition) is 4. The van der Waals surface area contributed by atoms with E-state index in [-0.39, 0.29) is 5.56 Å². The summed E-state index contributed by atoms with van der Waals surface area (Å²) in [6, 6.07) is 7.41. The van der Waals surface area contributed by atoms with Gasteiger partial charge in [-0.1, -0.05) is 0 Å². The average Bonchev–Trinajstić information content (AvgIpc) is 3.06. The lowest BCUT2D eigenvalue weighted by Gasteiger charge is -2.08. The number of hydrogen-bond donors (Lipinski definition) is 1. The zero-order valence-electron chi connectivity index (χ0n) is 12.4. The quantitative estimate of drug-likeness (QED) is 0.617. The molecule has 1 N–H and O–H groups in total. The van der Waals surface area contributed by atoms with Gasteiger partial charge in [0.05, 0.1) is 5.69 Å². The zero-order valence-corrected chi connectivity index (χ0v) is 12.4. The third kappa shape index (κ3) is 2.12. The van der Waals surface area contributed by atoms with Gasteiger partial charge in [-0.2, -0.15) is 0 Å². The fourth-order valence-electron chi connectivity index (χ4n) is 2.72. The fourth-order valence-corrected chi connectivity index (χ4v) is 2.72. The molecule has 0 fully saturated rings. The van der Waals surface area contributed by atoms with E-state index in [1.165, 1.54) is 0 Å². The predicted molar refractivity (Wildman–Crippen MR) is 87.0 cm³/mol. The van der Waals surface area contributed by atoms with Crippen molar-refractivity contribution in [1.82, 2.24) is 24.3 Å². The summed E-state index contributed by atoms with van der Waals surface area (Å²) in [5.41, 5.74) is 4.47. The first-order valence-electron chi connectivity index (χ1n) is 7.16. The van der Waals surface area contributed by atoms with Gasteiger partial charge >= 0.3 is 0 Å². The molecule has 4 heterocycles. The number of imidazole rings is 1. The van der Waals surface area contributed by atoms with Crippen molar-refractivity contribution in [3.05, 3.63) is 71.4 Å². The first kappa shape index (κ1) is 13.4. The third-order valence-corrected chi connectivity index (χ3v) is 3.87. The Bertz CT molecular complexity index is 1040. The molecule has 4 aromatic rings. The first-order chi connectivity index (χ1) is 11.3. The minimum absolute atomic E-state index is 0.174. The molecule has 0 atom stereocenters. The molecule has 0 aliphatic carbocycles. The number of aromatic nitrogens is 5. The molecule has 0 unspecified atom stereocenters.